The van der Waals surface area contributed by atoms with Crippen LogP contribution in [0.3, 0.4) is 0 Å². The third kappa shape index (κ3) is 2.62. The monoisotopic (exact) mass is 292 g/mol. The van der Waals surface area contributed by atoms with Crippen LogP contribution >= 0.6 is 0 Å². The highest BCUT2D eigenvalue weighted by molar-refractivity contribution is 5.43. The first-order valence-corrected chi connectivity index (χ1v) is 7.57. The predicted octanol–water partition coefficient (Wildman–Crippen LogP) is 3.45. The number of nitro benzene ring substituents is 1. The first kappa shape index (κ1) is 15.8. The fraction of sp³-hybridized carbons (Fsp3) is 0.625. The van der Waals surface area contributed by atoms with Crippen molar-refractivity contribution in [3.8, 4) is 5.75 Å². The van der Waals surface area contributed by atoms with E-state index in [0.717, 1.165) is 30.6 Å². The number of nitro groups is 1. The molecule has 2 rings (SSSR count). The third-order valence-electron chi connectivity index (χ3n) is 5.09. The van der Waals surface area contributed by atoms with Crippen molar-refractivity contribution in [2.24, 2.45) is 5.41 Å². The van der Waals surface area contributed by atoms with Crippen LogP contribution in [-0.2, 0) is 0 Å². The van der Waals surface area contributed by atoms with Crippen LogP contribution in [0, 0.1) is 22.5 Å². The lowest BCUT2D eigenvalue weighted by Gasteiger charge is -2.55. The van der Waals surface area contributed by atoms with Gasteiger partial charge in [0.05, 0.1) is 4.92 Å². The van der Waals surface area contributed by atoms with Crippen LogP contribution < -0.4 is 10.1 Å². The summed E-state index contributed by atoms with van der Waals surface area (Å²) in [5, 5.41) is 14.2. The highest BCUT2D eigenvalue weighted by atomic mass is 16.6. The van der Waals surface area contributed by atoms with Gasteiger partial charge in [-0.25, -0.2) is 0 Å². The van der Waals surface area contributed by atoms with Crippen molar-refractivity contribution < 1.29 is 9.66 Å². The Morgan fingerprint density at radius 1 is 1.43 bits per heavy atom. The molecule has 1 fully saturated rings. The number of hydrogen-bond acceptors (Lipinski definition) is 4. The Kier molecular flexibility index (Phi) is 4.52. The molecular formula is C16H24N2O3. The molecule has 0 radical (unpaired) electrons. The zero-order valence-electron chi connectivity index (χ0n) is 13.2. The molecule has 0 amide bonds. The van der Waals surface area contributed by atoms with Gasteiger partial charge in [0, 0.05) is 30.0 Å². The number of rotatable bonds is 6. The first-order valence-electron chi connectivity index (χ1n) is 7.57. The molecule has 1 aromatic rings. The van der Waals surface area contributed by atoms with Crippen molar-refractivity contribution >= 4 is 5.69 Å². The van der Waals surface area contributed by atoms with Crippen LogP contribution in [0.5, 0.6) is 5.75 Å². The normalized spacial score (nSPS) is 23.4. The van der Waals surface area contributed by atoms with Crippen LogP contribution in [0.15, 0.2) is 18.2 Å². The van der Waals surface area contributed by atoms with Gasteiger partial charge in [-0.1, -0.05) is 13.8 Å². The second-order valence-corrected chi connectivity index (χ2v) is 5.83. The van der Waals surface area contributed by atoms with E-state index in [0.29, 0.717) is 6.04 Å². The molecule has 5 heteroatoms. The number of nitrogens with zero attached hydrogens (tertiary/aromatic N) is 1. The summed E-state index contributed by atoms with van der Waals surface area (Å²) in [5.41, 5.74) is 1.08. The minimum Gasteiger partial charge on any atom is -0.489 e. The Morgan fingerprint density at radius 3 is 2.57 bits per heavy atom. The average molecular weight is 292 g/mol. The third-order valence-corrected chi connectivity index (χ3v) is 5.09. The van der Waals surface area contributed by atoms with Crippen LogP contribution in [0.25, 0.3) is 0 Å². The second-order valence-electron chi connectivity index (χ2n) is 5.83. The van der Waals surface area contributed by atoms with Gasteiger partial charge in [-0.2, -0.15) is 0 Å². The predicted molar refractivity (Wildman–Crippen MR) is 82.7 cm³/mol. The molecule has 0 heterocycles. The largest absolute Gasteiger partial charge is 0.489 e. The molecule has 0 saturated heterocycles. The topological polar surface area (TPSA) is 64.4 Å². The van der Waals surface area contributed by atoms with Gasteiger partial charge in [0.25, 0.3) is 5.69 Å². The summed E-state index contributed by atoms with van der Waals surface area (Å²) >= 11 is 0. The number of ether oxygens (including phenoxy) is 1. The molecule has 1 saturated carbocycles. The molecule has 0 aromatic heterocycles. The smallest absolute Gasteiger partial charge is 0.269 e. The van der Waals surface area contributed by atoms with Crippen LogP contribution in [-0.4, -0.2) is 24.1 Å². The molecule has 0 spiro atoms. The Morgan fingerprint density at radius 2 is 2.10 bits per heavy atom. The Balaban J connectivity index is 2.17. The number of non-ortho nitro benzene ring substituents is 1. The van der Waals surface area contributed by atoms with Gasteiger partial charge in [-0.3, -0.25) is 10.1 Å². The van der Waals surface area contributed by atoms with Crippen molar-refractivity contribution in [1.82, 2.24) is 5.32 Å². The minimum absolute atomic E-state index is 0.110. The number of nitrogens with one attached hydrogen (secondary N) is 1. The molecule has 0 aliphatic heterocycles. The molecule has 116 valence electrons. The van der Waals surface area contributed by atoms with E-state index in [9.17, 15) is 10.1 Å². The molecule has 2 unspecified atom stereocenters. The highest BCUT2D eigenvalue weighted by Gasteiger charge is 2.53. The van der Waals surface area contributed by atoms with Crippen molar-refractivity contribution in [2.75, 3.05) is 7.05 Å². The number of aryl methyl sites for hydroxylation is 1. The molecule has 2 atom stereocenters. The number of benzene rings is 1. The van der Waals surface area contributed by atoms with Crippen LogP contribution in [0.4, 0.5) is 5.69 Å². The van der Waals surface area contributed by atoms with Crippen molar-refractivity contribution in [3.05, 3.63) is 33.9 Å². The van der Waals surface area contributed by atoms with E-state index in [2.05, 4.69) is 19.2 Å². The van der Waals surface area contributed by atoms with Gasteiger partial charge in [-0.15, -0.1) is 0 Å². The summed E-state index contributed by atoms with van der Waals surface area (Å²) in [7, 11) is 2.00. The zero-order valence-corrected chi connectivity index (χ0v) is 13.2. The van der Waals surface area contributed by atoms with E-state index in [1.165, 1.54) is 6.07 Å². The number of hydrogen-bond donors (Lipinski definition) is 1. The van der Waals surface area contributed by atoms with Gasteiger partial charge in [0.2, 0.25) is 0 Å². The SMILES string of the molecule is CCC1(CC)C(NC)CC1Oc1ccc([N+](=O)[O-])cc1C. The molecule has 1 aromatic carbocycles. The quantitative estimate of drug-likeness (QED) is 0.644. The zero-order chi connectivity index (χ0) is 15.6. The van der Waals surface area contributed by atoms with E-state index in [1.807, 2.05) is 14.0 Å². The molecule has 5 nitrogen and oxygen atoms in total. The van der Waals surface area contributed by atoms with Gasteiger partial charge in [0.15, 0.2) is 0 Å². The van der Waals surface area contributed by atoms with Crippen molar-refractivity contribution in [1.29, 1.82) is 0 Å². The van der Waals surface area contributed by atoms with Crippen molar-refractivity contribution in [2.45, 2.75) is 52.2 Å². The van der Waals surface area contributed by atoms with Gasteiger partial charge in [-0.05, 0) is 38.4 Å². The molecule has 21 heavy (non-hydrogen) atoms. The average Bonchev–Trinajstić information content (AvgIpc) is 2.45. The Labute approximate surface area is 125 Å². The standard InChI is InChI=1S/C16H24N2O3/c1-5-16(6-2)14(17-4)10-15(16)21-13-8-7-12(18(19)20)9-11(13)3/h7-9,14-15,17H,5-6,10H2,1-4H3. The molecular weight excluding hydrogens is 268 g/mol. The lowest BCUT2D eigenvalue weighted by atomic mass is 9.58. The Hall–Kier alpha value is -1.62. The maximum Gasteiger partial charge on any atom is 0.269 e. The lowest BCUT2D eigenvalue weighted by Crippen LogP contribution is -2.63. The molecule has 1 N–H and O–H groups in total. The fourth-order valence-electron chi connectivity index (χ4n) is 3.55. The Bertz CT molecular complexity index is 526. The van der Waals surface area contributed by atoms with E-state index < -0.39 is 0 Å². The maximum absolute atomic E-state index is 10.8. The van der Waals surface area contributed by atoms with Crippen LogP contribution in [0.1, 0.15) is 38.7 Å². The molecule has 1 aliphatic carbocycles. The van der Waals surface area contributed by atoms with E-state index in [4.69, 9.17) is 4.74 Å². The van der Waals surface area contributed by atoms with Gasteiger partial charge in [0.1, 0.15) is 11.9 Å². The fourth-order valence-corrected chi connectivity index (χ4v) is 3.55. The maximum atomic E-state index is 10.8. The van der Waals surface area contributed by atoms with E-state index >= 15 is 0 Å². The van der Waals surface area contributed by atoms with Crippen LogP contribution in [0.2, 0.25) is 0 Å². The highest BCUT2D eigenvalue weighted by Crippen LogP contribution is 2.49. The van der Waals surface area contributed by atoms with Gasteiger partial charge < -0.3 is 10.1 Å². The second kappa shape index (κ2) is 6.02. The molecule has 1 aliphatic rings. The summed E-state index contributed by atoms with van der Waals surface area (Å²) < 4.78 is 6.18. The van der Waals surface area contributed by atoms with Gasteiger partial charge >= 0.3 is 0 Å². The summed E-state index contributed by atoms with van der Waals surface area (Å²) in [6.45, 7) is 6.26. The summed E-state index contributed by atoms with van der Waals surface area (Å²) in [6.07, 6.45) is 3.27. The summed E-state index contributed by atoms with van der Waals surface area (Å²) in [6, 6.07) is 5.28. The van der Waals surface area contributed by atoms with Crippen molar-refractivity contribution in [3.63, 3.8) is 0 Å². The first-order chi connectivity index (χ1) is 9.98. The summed E-state index contributed by atoms with van der Waals surface area (Å²) in [5.74, 6) is 0.756. The lowest BCUT2D eigenvalue weighted by molar-refractivity contribution is -0.384. The summed E-state index contributed by atoms with van der Waals surface area (Å²) in [4.78, 5) is 10.4. The molecule has 0 bridgehead atoms. The minimum atomic E-state index is -0.375. The van der Waals surface area contributed by atoms with E-state index in [1.54, 1.807) is 12.1 Å². The van der Waals surface area contributed by atoms with E-state index in [-0.39, 0.29) is 22.1 Å².